The van der Waals surface area contributed by atoms with Gasteiger partial charge in [0.15, 0.2) is 17.3 Å². The minimum atomic E-state index is -0.694. The predicted octanol–water partition coefficient (Wildman–Crippen LogP) is 2.45. The Morgan fingerprint density at radius 3 is 1.97 bits per heavy atom. The van der Waals surface area contributed by atoms with Crippen LogP contribution in [0.4, 0.5) is 11.4 Å². The average molecular weight is 473 g/mol. The largest absolute Gasteiger partial charge is 0.507 e. The van der Waals surface area contributed by atoms with E-state index in [1.165, 1.54) is 6.07 Å². The van der Waals surface area contributed by atoms with Crippen LogP contribution in [0.1, 0.15) is 59.5 Å². The van der Waals surface area contributed by atoms with Crippen molar-refractivity contribution < 1.29 is 29.3 Å². The molecule has 0 radical (unpaired) electrons. The molecule has 7 nitrogen and oxygen atoms in total. The third-order valence-corrected chi connectivity index (χ3v) is 7.27. The van der Waals surface area contributed by atoms with E-state index in [-0.39, 0.29) is 45.4 Å². The minimum absolute atomic E-state index is 0.0555. The van der Waals surface area contributed by atoms with Gasteiger partial charge in [0.05, 0.1) is 5.56 Å². The topological polar surface area (TPSA) is 115 Å². The smallest absolute Gasteiger partial charge is 0.239 e. The lowest BCUT2D eigenvalue weighted by molar-refractivity contribution is -0.355. The summed E-state index contributed by atoms with van der Waals surface area (Å²) in [5, 5.41) is 14.1. The molecule has 1 atom stereocenters. The summed E-state index contributed by atoms with van der Waals surface area (Å²) in [5.41, 5.74) is 3.83. The highest BCUT2D eigenvalue weighted by Gasteiger charge is 2.46. The maximum Gasteiger partial charge on any atom is 0.239 e. The Morgan fingerprint density at radius 2 is 1.33 bits per heavy atom. The van der Waals surface area contributed by atoms with Crippen molar-refractivity contribution in [2.75, 3.05) is 5.32 Å². The maximum atomic E-state index is 13.6. The summed E-state index contributed by atoms with van der Waals surface area (Å²) in [6.45, 7) is 1.77. The highest BCUT2D eigenvalue weighted by molar-refractivity contribution is 6.34. The summed E-state index contributed by atoms with van der Waals surface area (Å²) in [6, 6.07) is 13.9. The van der Waals surface area contributed by atoms with Gasteiger partial charge in [0.1, 0.15) is 23.0 Å². The summed E-state index contributed by atoms with van der Waals surface area (Å²) in [6.07, 6.45) is 1.78. The molecule has 7 heteroatoms. The Hall–Kier alpha value is -4.91. The zero-order valence-electron chi connectivity index (χ0n) is 18.9. The first-order valence-corrected chi connectivity index (χ1v) is 11.5. The minimum Gasteiger partial charge on any atom is -0.507 e. The summed E-state index contributed by atoms with van der Waals surface area (Å²) < 4.78 is 0. The molecule has 0 saturated heterocycles. The van der Waals surface area contributed by atoms with Crippen molar-refractivity contribution in [2.24, 2.45) is 0 Å². The van der Waals surface area contributed by atoms with E-state index >= 15 is 0 Å². The molecule has 0 bridgehead atoms. The Labute approximate surface area is 204 Å². The van der Waals surface area contributed by atoms with Gasteiger partial charge in [0.25, 0.3) is 0 Å². The van der Waals surface area contributed by atoms with E-state index in [0.29, 0.717) is 44.9 Å². The van der Waals surface area contributed by atoms with Crippen LogP contribution in [0.2, 0.25) is 0 Å². The molecule has 0 amide bonds. The summed E-state index contributed by atoms with van der Waals surface area (Å²) in [4.78, 5) is 56.9. The standard InChI is InChI=1S/C29H16N2O5/c1-12-10-17-24(22-20(12)26(33)13-6-2-4-8-15(13)28(22)35)31-18-11-19(32)21-23(25(18)30-17)29(36)16-9-5-3-7-14(16)27(21)34/h2-11,24,31-32H,1H3/p+1. The van der Waals surface area contributed by atoms with Crippen LogP contribution in [0.15, 0.2) is 77.4 Å². The first kappa shape index (κ1) is 20.5. The Balaban J connectivity index is 1.44. The number of hydrogen-bond acceptors (Lipinski definition) is 6. The Kier molecular flexibility index (Phi) is 3.88. The number of phenols is 1. The second-order valence-corrected chi connectivity index (χ2v) is 9.25. The number of aromatic hydroxyl groups is 1. The van der Waals surface area contributed by atoms with Gasteiger partial charge in [-0.2, -0.15) is 0 Å². The first-order valence-electron chi connectivity index (χ1n) is 11.5. The number of nitrogens with one attached hydrogen (secondary N) is 2. The van der Waals surface area contributed by atoms with E-state index in [9.17, 15) is 24.3 Å². The van der Waals surface area contributed by atoms with Crippen molar-refractivity contribution in [2.45, 2.75) is 13.0 Å². The maximum absolute atomic E-state index is 13.6. The van der Waals surface area contributed by atoms with Gasteiger partial charge in [-0.15, -0.1) is 0 Å². The van der Waals surface area contributed by atoms with Crippen molar-refractivity contribution in [3.05, 3.63) is 111 Å². The monoisotopic (exact) mass is 473 g/mol. The van der Waals surface area contributed by atoms with Gasteiger partial charge in [-0.1, -0.05) is 48.5 Å². The third kappa shape index (κ3) is 2.43. The van der Waals surface area contributed by atoms with Crippen molar-refractivity contribution in [1.29, 1.82) is 0 Å². The highest BCUT2D eigenvalue weighted by Crippen LogP contribution is 2.42. The van der Waals surface area contributed by atoms with Crippen LogP contribution in [0, 0.1) is 0 Å². The van der Waals surface area contributed by atoms with Crippen LogP contribution in [0.25, 0.3) is 0 Å². The van der Waals surface area contributed by atoms with Gasteiger partial charge in [-0.25, -0.2) is 4.99 Å². The van der Waals surface area contributed by atoms with Crippen LogP contribution in [0.5, 0.6) is 5.75 Å². The molecule has 4 aliphatic rings. The number of Topliss-reactive ketones (excluding diaryl/α,β-unsaturated/α-hetero) is 2. The number of ketones is 4. The number of carbonyl (C=O) groups is 4. The number of fused-ring (bicyclic) bond motifs is 7. The van der Waals surface area contributed by atoms with E-state index in [4.69, 9.17) is 0 Å². The zero-order valence-corrected chi connectivity index (χ0v) is 18.9. The van der Waals surface area contributed by atoms with Crippen LogP contribution >= 0.6 is 0 Å². The molecular formula is C29H17N2O5+. The van der Waals surface area contributed by atoms with Crippen molar-refractivity contribution in [3.63, 3.8) is 0 Å². The number of anilines is 1. The summed E-state index contributed by atoms with van der Waals surface area (Å²) in [7, 11) is 0. The van der Waals surface area contributed by atoms with E-state index in [0.717, 1.165) is 0 Å². The molecule has 36 heavy (non-hydrogen) atoms. The number of allylic oxidation sites excluding steroid dienone is 2. The van der Waals surface area contributed by atoms with E-state index < -0.39 is 11.8 Å². The number of carbonyl (C=O) groups excluding carboxylic acids is 4. The van der Waals surface area contributed by atoms with E-state index in [2.05, 4.69) is 10.3 Å². The molecule has 3 aromatic rings. The Morgan fingerprint density at radius 1 is 0.778 bits per heavy atom. The van der Waals surface area contributed by atoms with E-state index in [1.54, 1.807) is 61.5 Å². The number of benzene rings is 3. The normalized spacial score (nSPS) is 19.2. The SMILES string of the molecule is CC1=CC2=[NH+]c3c(cc(O)c4c3C(=O)c3ccccc3C4=O)NC2C2=C1C(=O)c1ccccc1C2=O. The first-order chi connectivity index (χ1) is 17.4. The molecule has 0 saturated carbocycles. The van der Waals surface area contributed by atoms with Gasteiger partial charge in [0, 0.05) is 45.5 Å². The molecule has 3 aromatic carbocycles. The fraction of sp³-hybridized carbons (Fsp3) is 0.0690. The molecule has 0 aromatic heterocycles. The lowest BCUT2D eigenvalue weighted by atomic mass is 9.74. The molecule has 0 fully saturated rings. The van der Waals surface area contributed by atoms with Gasteiger partial charge < -0.3 is 10.4 Å². The zero-order chi connectivity index (χ0) is 24.9. The fourth-order valence-electron chi connectivity index (χ4n) is 5.68. The molecule has 3 N–H and O–H groups in total. The van der Waals surface area contributed by atoms with E-state index in [1.807, 2.05) is 0 Å². The number of hydrogen-bond donors (Lipinski definition) is 3. The number of phenolic OH excluding ortho intramolecular Hbond substituents is 1. The van der Waals surface area contributed by atoms with Crippen LogP contribution < -0.4 is 10.3 Å². The van der Waals surface area contributed by atoms with Crippen LogP contribution in [0.3, 0.4) is 0 Å². The number of rotatable bonds is 0. The van der Waals surface area contributed by atoms with Gasteiger partial charge in [0.2, 0.25) is 17.2 Å². The quantitative estimate of drug-likeness (QED) is 0.338. The van der Waals surface area contributed by atoms with Crippen molar-refractivity contribution >= 4 is 40.2 Å². The predicted molar refractivity (Wildman–Crippen MR) is 130 cm³/mol. The Bertz CT molecular complexity index is 1760. The molecule has 1 unspecified atom stereocenters. The average Bonchev–Trinajstić information content (AvgIpc) is 2.88. The van der Waals surface area contributed by atoms with Crippen LogP contribution in [-0.2, 0) is 0 Å². The molecule has 1 aliphatic heterocycles. The molecule has 3 aliphatic carbocycles. The van der Waals surface area contributed by atoms with Gasteiger partial charge in [-0.3, -0.25) is 19.2 Å². The summed E-state index contributed by atoms with van der Waals surface area (Å²) in [5.74, 6) is -1.61. The van der Waals surface area contributed by atoms with Crippen molar-refractivity contribution in [1.82, 2.24) is 0 Å². The molecule has 0 spiro atoms. The third-order valence-electron chi connectivity index (χ3n) is 7.27. The molecule has 172 valence electrons. The highest BCUT2D eigenvalue weighted by atomic mass is 16.3. The lowest BCUT2D eigenvalue weighted by Crippen LogP contribution is -2.74. The van der Waals surface area contributed by atoms with Gasteiger partial charge in [-0.05, 0) is 12.5 Å². The lowest BCUT2D eigenvalue weighted by Gasteiger charge is -2.32. The second-order valence-electron chi connectivity index (χ2n) is 9.25. The molecule has 1 heterocycles. The van der Waals surface area contributed by atoms with Crippen LogP contribution in [-0.4, -0.2) is 40.0 Å². The van der Waals surface area contributed by atoms with Gasteiger partial charge >= 0.3 is 0 Å². The van der Waals surface area contributed by atoms with Crippen molar-refractivity contribution in [3.8, 4) is 5.75 Å². The second kappa shape index (κ2) is 6.82. The summed E-state index contributed by atoms with van der Waals surface area (Å²) >= 11 is 0. The molecular weight excluding hydrogens is 456 g/mol. The molecule has 7 rings (SSSR count). The fourth-order valence-corrected chi connectivity index (χ4v) is 5.68.